The third-order valence-corrected chi connectivity index (χ3v) is 4.83. The van der Waals surface area contributed by atoms with Gasteiger partial charge in [0.2, 0.25) is 10.0 Å². The highest BCUT2D eigenvalue weighted by Crippen LogP contribution is 2.35. The number of thiazole rings is 1. The van der Waals surface area contributed by atoms with Crippen molar-refractivity contribution in [1.29, 1.82) is 0 Å². The smallest absolute Gasteiger partial charge is 0.238 e. The van der Waals surface area contributed by atoms with Crippen molar-refractivity contribution in [2.45, 2.75) is 44.6 Å². The van der Waals surface area contributed by atoms with Crippen LogP contribution in [0.4, 0.5) is 0 Å². The molecular weight excluding hydrogens is 296 g/mol. The van der Waals surface area contributed by atoms with E-state index in [-0.39, 0.29) is 16.9 Å². The number of nitrogens with two attached hydrogens (primary N) is 1. The Hall–Kier alpha value is -1.18. The zero-order valence-electron chi connectivity index (χ0n) is 11.9. The zero-order valence-corrected chi connectivity index (χ0v) is 13.5. The van der Waals surface area contributed by atoms with Crippen molar-refractivity contribution < 1.29 is 13.2 Å². The molecule has 2 N–H and O–H groups in total. The van der Waals surface area contributed by atoms with Gasteiger partial charge in [0, 0.05) is 12.0 Å². The van der Waals surface area contributed by atoms with Crippen LogP contribution < -0.4 is 9.88 Å². The molecule has 0 aliphatic carbocycles. The lowest BCUT2D eigenvalue weighted by Crippen LogP contribution is -2.13. The summed E-state index contributed by atoms with van der Waals surface area (Å²) < 4.78 is 29.6. The molecule has 1 aromatic carbocycles. The summed E-state index contributed by atoms with van der Waals surface area (Å²) in [4.78, 5) is 4.60. The monoisotopic (exact) mass is 314 g/mol. The van der Waals surface area contributed by atoms with Crippen LogP contribution in [0.1, 0.15) is 38.6 Å². The summed E-state index contributed by atoms with van der Waals surface area (Å²) in [6, 6.07) is 3.00. The van der Waals surface area contributed by atoms with Crippen molar-refractivity contribution in [2.75, 3.05) is 0 Å². The molecule has 0 fully saturated rings. The molecule has 0 atom stereocenters. The number of sulfonamides is 1. The summed E-state index contributed by atoms with van der Waals surface area (Å²) in [5.74, 6) is 0.738. The van der Waals surface area contributed by atoms with E-state index >= 15 is 0 Å². The minimum atomic E-state index is -3.76. The Morgan fingerprint density at radius 1 is 1.25 bits per heavy atom. The molecule has 0 spiro atoms. The van der Waals surface area contributed by atoms with Gasteiger partial charge in [0.1, 0.15) is 11.3 Å². The van der Waals surface area contributed by atoms with Crippen LogP contribution in [0.15, 0.2) is 17.0 Å². The van der Waals surface area contributed by atoms with Crippen molar-refractivity contribution in [2.24, 2.45) is 5.14 Å². The fourth-order valence-corrected chi connectivity index (χ4v) is 3.40. The zero-order chi connectivity index (χ0) is 15.1. The molecule has 0 aliphatic rings. The van der Waals surface area contributed by atoms with Crippen molar-refractivity contribution in [3.05, 3.63) is 17.1 Å². The SMILES string of the molecule is CC(C)Oc1cc(S(N)(=O)=O)cc2sc(C(C)C)nc12. The van der Waals surface area contributed by atoms with Gasteiger partial charge in [-0.15, -0.1) is 11.3 Å². The van der Waals surface area contributed by atoms with Gasteiger partial charge >= 0.3 is 0 Å². The molecule has 1 heterocycles. The standard InChI is InChI=1S/C13H18N2O3S2/c1-7(2)13-15-12-10(18-8(3)4)5-9(20(14,16)17)6-11(12)19-13/h5-8H,1-4H3,(H2,14,16,17). The Labute approximate surface area is 122 Å². The number of aromatic nitrogens is 1. The molecule has 0 radical (unpaired) electrons. The van der Waals surface area contributed by atoms with Gasteiger partial charge in [-0.2, -0.15) is 0 Å². The van der Waals surface area contributed by atoms with E-state index in [9.17, 15) is 8.42 Å². The number of hydrogen-bond acceptors (Lipinski definition) is 5. The first kappa shape index (κ1) is 15.2. The topological polar surface area (TPSA) is 82.3 Å². The molecular formula is C13H18N2O3S2. The Bertz CT molecular complexity index is 733. The Morgan fingerprint density at radius 3 is 2.40 bits per heavy atom. The van der Waals surface area contributed by atoms with Crippen molar-refractivity contribution in [3.63, 3.8) is 0 Å². The maximum absolute atomic E-state index is 11.6. The van der Waals surface area contributed by atoms with Crippen LogP contribution in [-0.2, 0) is 10.0 Å². The Balaban J connectivity index is 2.71. The molecule has 2 aromatic rings. The van der Waals surface area contributed by atoms with Crippen LogP contribution in [0, 0.1) is 0 Å². The molecule has 0 saturated carbocycles. The van der Waals surface area contributed by atoms with E-state index in [0.717, 1.165) is 9.71 Å². The maximum Gasteiger partial charge on any atom is 0.238 e. The quantitative estimate of drug-likeness (QED) is 0.940. The lowest BCUT2D eigenvalue weighted by atomic mass is 10.2. The van der Waals surface area contributed by atoms with Crippen molar-refractivity contribution in [3.8, 4) is 5.75 Å². The minimum absolute atomic E-state index is 0.0552. The normalized spacial score (nSPS) is 12.6. The van der Waals surface area contributed by atoms with E-state index in [4.69, 9.17) is 9.88 Å². The van der Waals surface area contributed by atoms with Gasteiger partial charge in [-0.05, 0) is 19.9 Å². The number of rotatable bonds is 4. The molecule has 0 aliphatic heterocycles. The lowest BCUT2D eigenvalue weighted by Gasteiger charge is -2.11. The first-order valence-electron chi connectivity index (χ1n) is 6.32. The van der Waals surface area contributed by atoms with Crippen molar-refractivity contribution >= 4 is 31.6 Å². The molecule has 0 saturated heterocycles. The third kappa shape index (κ3) is 3.11. The van der Waals surface area contributed by atoms with E-state index in [1.807, 2.05) is 27.7 Å². The number of benzene rings is 1. The molecule has 5 nitrogen and oxygen atoms in total. The Kier molecular flexibility index (Phi) is 4.04. The molecule has 20 heavy (non-hydrogen) atoms. The second-order valence-corrected chi connectivity index (χ2v) is 7.81. The van der Waals surface area contributed by atoms with Gasteiger partial charge in [-0.25, -0.2) is 18.5 Å². The molecule has 0 bridgehead atoms. The minimum Gasteiger partial charge on any atom is -0.489 e. The summed E-state index contributed by atoms with van der Waals surface area (Å²) in [5.41, 5.74) is 0.694. The highest BCUT2D eigenvalue weighted by molar-refractivity contribution is 7.89. The highest BCUT2D eigenvalue weighted by atomic mass is 32.2. The van der Waals surface area contributed by atoms with E-state index in [0.29, 0.717) is 11.3 Å². The number of ether oxygens (including phenoxy) is 1. The van der Waals surface area contributed by atoms with Gasteiger partial charge in [0.15, 0.2) is 0 Å². The summed E-state index contributed by atoms with van der Waals surface area (Å²) in [7, 11) is -3.76. The van der Waals surface area contributed by atoms with Gasteiger partial charge in [-0.3, -0.25) is 0 Å². The fraction of sp³-hybridized carbons (Fsp3) is 0.462. The first-order chi connectivity index (χ1) is 9.18. The van der Waals surface area contributed by atoms with E-state index in [2.05, 4.69) is 4.98 Å². The largest absolute Gasteiger partial charge is 0.489 e. The average molecular weight is 314 g/mol. The van der Waals surface area contributed by atoms with Crippen LogP contribution in [0.25, 0.3) is 10.2 Å². The number of hydrogen-bond donors (Lipinski definition) is 1. The average Bonchev–Trinajstić information content (AvgIpc) is 2.71. The summed E-state index contributed by atoms with van der Waals surface area (Å²) in [6.07, 6.45) is -0.0712. The molecule has 1 aromatic heterocycles. The molecule has 7 heteroatoms. The second kappa shape index (κ2) is 5.31. The van der Waals surface area contributed by atoms with E-state index in [1.54, 1.807) is 6.07 Å². The fourth-order valence-electron chi connectivity index (χ4n) is 1.75. The summed E-state index contributed by atoms with van der Waals surface area (Å²) >= 11 is 1.47. The molecule has 110 valence electrons. The molecule has 0 unspecified atom stereocenters. The predicted octanol–water partition coefficient (Wildman–Crippen LogP) is 2.85. The van der Waals surface area contributed by atoms with Gasteiger partial charge < -0.3 is 4.74 Å². The van der Waals surface area contributed by atoms with Gasteiger partial charge in [-0.1, -0.05) is 13.8 Å². The van der Waals surface area contributed by atoms with Crippen LogP contribution in [0.2, 0.25) is 0 Å². The van der Waals surface area contributed by atoms with Crippen LogP contribution in [0.5, 0.6) is 5.75 Å². The van der Waals surface area contributed by atoms with Crippen molar-refractivity contribution in [1.82, 2.24) is 4.98 Å². The van der Waals surface area contributed by atoms with Gasteiger partial charge in [0.25, 0.3) is 0 Å². The first-order valence-corrected chi connectivity index (χ1v) is 8.68. The summed E-state index contributed by atoms with van der Waals surface area (Å²) in [6.45, 7) is 7.85. The molecule has 2 rings (SSSR count). The van der Waals surface area contributed by atoms with E-state index in [1.165, 1.54) is 17.4 Å². The maximum atomic E-state index is 11.6. The number of nitrogens with zero attached hydrogens (tertiary/aromatic N) is 1. The van der Waals surface area contributed by atoms with Crippen LogP contribution in [0.3, 0.4) is 0 Å². The lowest BCUT2D eigenvalue weighted by molar-refractivity contribution is 0.244. The molecule has 0 amide bonds. The second-order valence-electron chi connectivity index (χ2n) is 5.19. The van der Waals surface area contributed by atoms with E-state index < -0.39 is 10.0 Å². The Morgan fingerprint density at radius 2 is 1.90 bits per heavy atom. The number of primary sulfonamides is 1. The van der Waals surface area contributed by atoms with Gasteiger partial charge in [0.05, 0.1) is 20.7 Å². The highest BCUT2D eigenvalue weighted by Gasteiger charge is 2.18. The third-order valence-electron chi connectivity index (χ3n) is 2.64. The summed E-state index contributed by atoms with van der Waals surface area (Å²) in [5, 5.41) is 6.16. The number of fused-ring (bicyclic) bond motifs is 1. The van der Waals surface area contributed by atoms with Crippen LogP contribution in [-0.4, -0.2) is 19.5 Å². The van der Waals surface area contributed by atoms with Crippen LogP contribution >= 0.6 is 11.3 Å². The predicted molar refractivity (Wildman–Crippen MR) is 80.8 cm³/mol.